The molecular weight excluding hydrogens is 755 g/mol. The van der Waals surface area contributed by atoms with Crippen molar-refractivity contribution in [2.24, 2.45) is 16.7 Å². The van der Waals surface area contributed by atoms with Gasteiger partial charge in [0.1, 0.15) is 11.2 Å². The topological polar surface area (TPSA) is 127 Å². The molecule has 0 aliphatic heterocycles. The van der Waals surface area contributed by atoms with Crippen LogP contribution in [0.25, 0.3) is 0 Å². The highest BCUT2D eigenvalue weighted by atomic mass is 28.4. The monoisotopic (exact) mass is 814 g/mol. The van der Waals surface area contributed by atoms with Crippen molar-refractivity contribution >= 4 is 20.5 Å². The van der Waals surface area contributed by atoms with Crippen molar-refractivity contribution in [1.82, 2.24) is 19.6 Å². The normalized spacial score (nSPS) is 17.4. The van der Waals surface area contributed by atoms with Crippen molar-refractivity contribution < 1.29 is 54.6 Å². The average molecular weight is 815 g/mol. The van der Waals surface area contributed by atoms with Crippen LogP contribution in [0.15, 0.2) is 42.0 Å². The number of halogens is 6. The molecule has 0 spiro atoms. The standard InChI is InChI=1S/C15H21F3N2O3.C13H23F3OSi.C8H12N2O3.CH4/c1-10(14(6-7-14)15(16,17)18)9-22-11-5-8-20(19-11)12(21)23-13(2,3)4;1-7-10(12(8-9-12)13(14,15)16)17-18(5,6)11(2,3)4;1-8(2,3)13-7(12)10-5-4-6(11)9-10;/h5,8,10H,6-7,9H2,1-4H3;7,10H,1,8-9H2,2-6H3;4-5H,1-3H3,(H,9,11);1H4. The van der Waals surface area contributed by atoms with Gasteiger partial charge in [0, 0.05) is 30.4 Å². The summed E-state index contributed by atoms with van der Waals surface area (Å²) in [6.45, 7) is 25.4. The lowest BCUT2D eigenvalue weighted by Gasteiger charge is -2.41. The zero-order chi connectivity index (χ0) is 41.9. The molecule has 2 aromatic heterocycles. The molecule has 0 bridgehead atoms. The Balaban J connectivity index is 0.000000425. The van der Waals surface area contributed by atoms with E-state index in [4.69, 9.17) is 18.6 Å². The van der Waals surface area contributed by atoms with Crippen LogP contribution in [0, 0.1) is 16.7 Å². The van der Waals surface area contributed by atoms with Crippen LogP contribution < -0.4 is 10.3 Å². The van der Waals surface area contributed by atoms with E-state index in [1.165, 1.54) is 37.5 Å². The third-order valence-corrected chi connectivity index (χ3v) is 13.9. The molecule has 0 aromatic carbocycles. The predicted molar refractivity (Wildman–Crippen MR) is 200 cm³/mol. The lowest BCUT2D eigenvalue weighted by atomic mass is 9.91. The van der Waals surface area contributed by atoms with Crippen molar-refractivity contribution in [1.29, 1.82) is 0 Å². The number of aromatic amines is 1. The van der Waals surface area contributed by atoms with Crippen LogP contribution in [0.3, 0.4) is 0 Å². The van der Waals surface area contributed by atoms with Crippen molar-refractivity contribution in [2.75, 3.05) is 6.61 Å². The highest BCUT2D eigenvalue weighted by Gasteiger charge is 2.68. The molecule has 316 valence electrons. The molecule has 11 nitrogen and oxygen atoms in total. The molecule has 1 N–H and O–H groups in total. The number of alkyl halides is 6. The van der Waals surface area contributed by atoms with Gasteiger partial charge in [-0.05, 0) is 85.4 Å². The summed E-state index contributed by atoms with van der Waals surface area (Å²) in [4.78, 5) is 33.7. The third kappa shape index (κ3) is 13.6. The highest BCUT2D eigenvalue weighted by Crippen LogP contribution is 2.63. The van der Waals surface area contributed by atoms with Crippen molar-refractivity contribution in [3.63, 3.8) is 0 Å². The maximum atomic E-state index is 13.1. The second-order valence-corrected chi connectivity index (χ2v) is 22.0. The summed E-state index contributed by atoms with van der Waals surface area (Å²) < 4.78 is 102. The number of aromatic nitrogens is 4. The van der Waals surface area contributed by atoms with Gasteiger partial charge < -0.3 is 18.6 Å². The Morgan fingerprint density at radius 2 is 1.35 bits per heavy atom. The Bertz CT molecular complexity index is 1630. The molecule has 0 amide bonds. The Labute approximate surface area is 321 Å². The van der Waals surface area contributed by atoms with Gasteiger partial charge in [0.15, 0.2) is 8.32 Å². The van der Waals surface area contributed by atoms with Gasteiger partial charge in [-0.3, -0.25) is 9.89 Å². The molecule has 2 fully saturated rings. The quantitative estimate of drug-likeness (QED) is 0.159. The summed E-state index contributed by atoms with van der Waals surface area (Å²) >= 11 is 0. The number of carbonyl (C=O) groups is 2. The lowest BCUT2D eigenvalue weighted by Crippen LogP contribution is -2.48. The summed E-state index contributed by atoms with van der Waals surface area (Å²) in [6, 6.07) is 2.67. The number of ether oxygens (including phenoxy) is 3. The molecule has 2 aliphatic rings. The zero-order valence-corrected chi connectivity index (χ0v) is 34.3. The number of rotatable bonds is 8. The van der Waals surface area contributed by atoms with Crippen molar-refractivity contribution in [3.05, 3.63) is 47.5 Å². The molecule has 2 unspecified atom stereocenters. The minimum absolute atomic E-state index is 0. The molecule has 2 saturated carbocycles. The average Bonchev–Trinajstić information content (AvgIpc) is 3.88. The van der Waals surface area contributed by atoms with E-state index in [2.05, 4.69) is 16.8 Å². The summed E-state index contributed by atoms with van der Waals surface area (Å²) in [5.41, 5.74) is -4.86. The van der Waals surface area contributed by atoms with E-state index in [0.29, 0.717) is 0 Å². The van der Waals surface area contributed by atoms with Crippen LogP contribution in [0.5, 0.6) is 5.88 Å². The van der Waals surface area contributed by atoms with E-state index in [0.717, 1.165) is 9.36 Å². The van der Waals surface area contributed by atoms with Crippen molar-refractivity contribution in [3.8, 4) is 5.88 Å². The molecule has 4 rings (SSSR count). The van der Waals surface area contributed by atoms with E-state index >= 15 is 0 Å². The second kappa shape index (κ2) is 17.3. The Hall–Kier alpha value is -3.54. The molecule has 2 heterocycles. The number of hydrogen-bond donors (Lipinski definition) is 1. The fraction of sp³-hybridized carbons (Fsp3) is 0.730. The van der Waals surface area contributed by atoms with Gasteiger partial charge >= 0.3 is 24.5 Å². The molecule has 2 aliphatic carbocycles. The first kappa shape index (κ1) is 49.5. The molecule has 2 aromatic rings. The highest BCUT2D eigenvalue weighted by molar-refractivity contribution is 6.74. The Kier molecular flexibility index (Phi) is 15.6. The maximum absolute atomic E-state index is 13.1. The first-order valence-corrected chi connectivity index (χ1v) is 20.5. The Morgan fingerprint density at radius 3 is 1.71 bits per heavy atom. The van der Waals surface area contributed by atoms with Crippen LogP contribution in [-0.2, 0) is 13.9 Å². The van der Waals surface area contributed by atoms with Gasteiger partial charge in [-0.25, -0.2) is 9.59 Å². The van der Waals surface area contributed by atoms with Gasteiger partial charge in [-0.15, -0.1) is 11.7 Å². The zero-order valence-electron chi connectivity index (χ0n) is 33.3. The van der Waals surface area contributed by atoms with Crippen LogP contribution in [0.2, 0.25) is 18.1 Å². The smallest absolute Gasteiger partial charge is 0.435 e. The van der Waals surface area contributed by atoms with E-state index in [1.54, 1.807) is 41.5 Å². The first-order chi connectivity index (χ1) is 24.2. The molecule has 2 atom stereocenters. The van der Waals surface area contributed by atoms with Gasteiger partial charge in [0.2, 0.25) is 5.88 Å². The summed E-state index contributed by atoms with van der Waals surface area (Å²) in [6.07, 6.45) is -5.99. The van der Waals surface area contributed by atoms with E-state index in [9.17, 15) is 40.7 Å². The van der Waals surface area contributed by atoms with Gasteiger partial charge in [0.05, 0.1) is 23.5 Å². The summed E-state index contributed by atoms with van der Waals surface area (Å²) in [5.74, 6) is -0.574. The predicted octanol–water partition coefficient (Wildman–Crippen LogP) is 10.5. The summed E-state index contributed by atoms with van der Waals surface area (Å²) in [7, 11) is -2.21. The molecule has 18 heteroatoms. The van der Waals surface area contributed by atoms with Crippen LogP contribution in [-0.4, -0.2) is 76.3 Å². The minimum Gasteiger partial charge on any atom is -0.476 e. The number of nitrogens with one attached hydrogen (secondary N) is 1. The molecule has 0 saturated heterocycles. The second-order valence-electron chi connectivity index (χ2n) is 17.3. The van der Waals surface area contributed by atoms with E-state index in [-0.39, 0.29) is 56.2 Å². The van der Waals surface area contributed by atoms with E-state index < -0.39 is 66.9 Å². The van der Waals surface area contributed by atoms with Gasteiger partial charge in [0.25, 0.3) is 5.56 Å². The maximum Gasteiger partial charge on any atom is 0.435 e. The minimum atomic E-state index is -4.22. The number of carbonyl (C=O) groups excluding carboxylic acids is 2. The van der Waals surface area contributed by atoms with E-state index in [1.807, 2.05) is 33.9 Å². The van der Waals surface area contributed by atoms with Crippen LogP contribution in [0.1, 0.15) is 102 Å². The molecule has 55 heavy (non-hydrogen) atoms. The number of nitrogens with zero attached hydrogens (tertiary/aromatic N) is 3. The Morgan fingerprint density at radius 1 is 0.873 bits per heavy atom. The summed E-state index contributed by atoms with van der Waals surface area (Å²) in [5, 5.41) is 6.05. The molecular formula is C37H60F6N4O7Si. The first-order valence-electron chi connectivity index (χ1n) is 17.6. The number of hydrogen-bond acceptors (Lipinski definition) is 8. The SMILES string of the molecule is C.C=CC(O[Si](C)(C)C(C)(C)C)C1(C(F)(F)F)CC1.CC(C)(C)OC(=O)n1ccc(=O)[nH]1.CC(COc1ccn(C(=O)OC(C)(C)C)n1)C1(C(F)(F)F)CC1. The largest absolute Gasteiger partial charge is 0.476 e. The van der Waals surface area contributed by atoms with Crippen molar-refractivity contribution in [2.45, 2.75) is 150 Å². The van der Waals surface area contributed by atoms with Gasteiger partial charge in [-0.2, -0.15) is 35.7 Å². The lowest BCUT2D eigenvalue weighted by molar-refractivity contribution is -0.205. The molecule has 0 radical (unpaired) electrons. The van der Waals surface area contributed by atoms with Crippen LogP contribution >= 0.6 is 0 Å². The fourth-order valence-corrected chi connectivity index (χ4v) is 6.16. The van der Waals surface area contributed by atoms with Crippen LogP contribution in [0.4, 0.5) is 35.9 Å². The third-order valence-electron chi connectivity index (χ3n) is 9.46. The van der Waals surface area contributed by atoms with Gasteiger partial charge in [-0.1, -0.05) is 41.2 Å². The fourth-order valence-electron chi connectivity index (χ4n) is 4.85. The number of H-pyrrole nitrogens is 1.